The average molecular weight is 424 g/mol. The number of rotatable bonds is 5. The fourth-order valence-corrected chi connectivity index (χ4v) is 3.85. The number of nitrogens with one attached hydrogen (secondary N) is 1. The number of hydrogen-bond donors (Lipinski definition) is 2. The fraction of sp³-hybridized carbons (Fsp3) is 0.375. The van der Waals surface area contributed by atoms with E-state index >= 15 is 0 Å². The van der Waals surface area contributed by atoms with Gasteiger partial charge in [-0.25, -0.2) is 0 Å². The zero-order valence-corrected chi connectivity index (χ0v) is 18.1. The SMILES string of the molecule is COc1cc(O)c2c(=O)cc(-c3ccc(N4CCCNCC4)cc3)oc2c1OC(C)C. The van der Waals surface area contributed by atoms with Crippen molar-refractivity contribution < 1.29 is 19.0 Å². The molecule has 2 heterocycles. The first kappa shape index (κ1) is 21.1. The normalized spacial score (nSPS) is 14.6. The number of methoxy groups -OCH3 is 1. The van der Waals surface area contributed by atoms with Gasteiger partial charge in [0.1, 0.15) is 16.9 Å². The lowest BCUT2D eigenvalue weighted by atomic mass is 10.1. The van der Waals surface area contributed by atoms with Crippen LogP contribution in [0.4, 0.5) is 5.69 Å². The van der Waals surface area contributed by atoms with Gasteiger partial charge < -0.3 is 29.2 Å². The molecule has 2 N–H and O–H groups in total. The summed E-state index contributed by atoms with van der Waals surface area (Å²) in [5.74, 6) is 0.818. The highest BCUT2D eigenvalue weighted by Gasteiger charge is 2.21. The first-order chi connectivity index (χ1) is 15.0. The summed E-state index contributed by atoms with van der Waals surface area (Å²) in [4.78, 5) is 15.2. The Morgan fingerprint density at radius 1 is 1.13 bits per heavy atom. The fourth-order valence-electron chi connectivity index (χ4n) is 3.85. The standard InChI is InChI=1S/C24H28N2O5/c1-15(2)30-23-21(29-3)14-19(28)22-18(27)13-20(31-24(22)23)16-5-7-17(8-6-16)26-11-4-9-25-10-12-26/h5-8,13-15,25,28H,4,9-12H2,1-3H3. The number of anilines is 1. The molecule has 7 nitrogen and oxygen atoms in total. The van der Waals surface area contributed by atoms with E-state index in [1.165, 1.54) is 19.2 Å². The minimum atomic E-state index is -0.340. The predicted octanol–water partition coefficient (Wildman–Crippen LogP) is 3.76. The molecule has 31 heavy (non-hydrogen) atoms. The van der Waals surface area contributed by atoms with Crippen molar-refractivity contribution in [2.24, 2.45) is 0 Å². The van der Waals surface area contributed by atoms with Crippen molar-refractivity contribution in [1.82, 2.24) is 5.32 Å². The topological polar surface area (TPSA) is 84.2 Å². The van der Waals surface area contributed by atoms with E-state index in [1.807, 2.05) is 38.1 Å². The molecule has 1 fully saturated rings. The van der Waals surface area contributed by atoms with Crippen LogP contribution in [0.3, 0.4) is 0 Å². The quantitative estimate of drug-likeness (QED) is 0.645. The van der Waals surface area contributed by atoms with Gasteiger partial charge in [-0.1, -0.05) is 0 Å². The Morgan fingerprint density at radius 2 is 1.90 bits per heavy atom. The molecular weight excluding hydrogens is 396 g/mol. The van der Waals surface area contributed by atoms with Crippen molar-refractivity contribution in [3.05, 3.63) is 46.6 Å². The number of hydrogen-bond acceptors (Lipinski definition) is 7. The van der Waals surface area contributed by atoms with E-state index in [4.69, 9.17) is 13.9 Å². The molecule has 0 aliphatic carbocycles. The summed E-state index contributed by atoms with van der Waals surface area (Å²) in [6, 6.07) is 10.8. The Balaban J connectivity index is 1.78. The number of fused-ring (bicyclic) bond motifs is 1. The Kier molecular flexibility index (Phi) is 6.04. The zero-order valence-electron chi connectivity index (χ0n) is 18.1. The van der Waals surface area contributed by atoms with E-state index in [0.29, 0.717) is 17.3 Å². The molecule has 3 aromatic rings. The number of phenols is 1. The van der Waals surface area contributed by atoms with Crippen LogP contribution >= 0.6 is 0 Å². The van der Waals surface area contributed by atoms with Crippen molar-refractivity contribution in [2.45, 2.75) is 26.4 Å². The first-order valence-corrected chi connectivity index (χ1v) is 10.6. The van der Waals surface area contributed by atoms with Crippen molar-refractivity contribution in [1.29, 1.82) is 0 Å². The molecule has 0 unspecified atom stereocenters. The summed E-state index contributed by atoms with van der Waals surface area (Å²) >= 11 is 0. The minimum Gasteiger partial charge on any atom is -0.507 e. The third-order valence-corrected chi connectivity index (χ3v) is 5.33. The van der Waals surface area contributed by atoms with Crippen LogP contribution in [0.2, 0.25) is 0 Å². The Hall–Kier alpha value is -3.19. The van der Waals surface area contributed by atoms with Crippen molar-refractivity contribution in [2.75, 3.05) is 38.2 Å². The molecule has 0 saturated carbocycles. The van der Waals surface area contributed by atoms with Gasteiger partial charge in [0.2, 0.25) is 5.75 Å². The molecule has 7 heteroatoms. The molecule has 0 amide bonds. The van der Waals surface area contributed by atoms with Crippen LogP contribution in [0.1, 0.15) is 20.3 Å². The minimum absolute atomic E-state index is 0.0777. The lowest BCUT2D eigenvalue weighted by molar-refractivity contribution is 0.229. The van der Waals surface area contributed by atoms with E-state index in [2.05, 4.69) is 10.2 Å². The summed E-state index contributed by atoms with van der Waals surface area (Å²) in [5.41, 5.74) is 1.75. The monoisotopic (exact) mass is 424 g/mol. The number of aromatic hydroxyl groups is 1. The van der Waals surface area contributed by atoms with E-state index < -0.39 is 0 Å². The molecule has 0 bridgehead atoms. The molecule has 1 aliphatic heterocycles. The first-order valence-electron chi connectivity index (χ1n) is 10.6. The van der Waals surface area contributed by atoms with E-state index in [1.54, 1.807) is 0 Å². The second kappa shape index (κ2) is 8.89. The van der Waals surface area contributed by atoms with Gasteiger partial charge in [0.15, 0.2) is 16.8 Å². The van der Waals surface area contributed by atoms with Crippen molar-refractivity contribution in [3.8, 4) is 28.6 Å². The highest BCUT2D eigenvalue weighted by molar-refractivity contribution is 5.91. The molecule has 4 rings (SSSR count). The van der Waals surface area contributed by atoms with E-state index in [-0.39, 0.29) is 28.3 Å². The molecule has 0 atom stereocenters. The number of ether oxygens (including phenoxy) is 2. The molecule has 1 saturated heterocycles. The van der Waals surface area contributed by atoms with Crippen LogP contribution in [0, 0.1) is 0 Å². The van der Waals surface area contributed by atoms with Gasteiger partial charge in [0.25, 0.3) is 0 Å². The van der Waals surface area contributed by atoms with Gasteiger partial charge in [-0.15, -0.1) is 0 Å². The second-order valence-corrected chi connectivity index (χ2v) is 7.91. The molecular formula is C24H28N2O5. The summed E-state index contributed by atoms with van der Waals surface area (Å²) in [6.07, 6.45) is 0.934. The van der Waals surface area contributed by atoms with Gasteiger partial charge in [0, 0.05) is 43.0 Å². The van der Waals surface area contributed by atoms with Gasteiger partial charge in [-0.05, 0) is 51.1 Å². The highest BCUT2D eigenvalue weighted by Crippen LogP contribution is 2.41. The van der Waals surface area contributed by atoms with Gasteiger partial charge >= 0.3 is 0 Å². The molecule has 1 aliphatic rings. The highest BCUT2D eigenvalue weighted by atomic mass is 16.5. The second-order valence-electron chi connectivity index (χ2n) is 7.91. The average Bonchev–Trinajstić information content (AvgIpc) is 3.04. The molecule has 0 spiro atoms. The smallest absolute Gasteiger partial charge is 0.205 e. The maximum Gasteiger partial charge on any atom is 0.205 e. The Morgan fingerprint density at radius 3 is 2.61 bits per heavy atom. The predicted molar refractivity (Wildman–Crippen MR) is 122 cm³/mol. The van der Waals surface area contributed by atoms with E-state index in [0.717, 1.165) is 43.9 Å². The molecule has 0 radical (unpaired) electrons. The zero-order chi connectivity index (χ0) is 22.0. The summed E-state index contributed by atoms with van der Waals surface area (Å²) < 4.78 is 17.3. The number of nitrogens with zero attached hydrogens (tertiary/aromatic N) is 1. The lowest BCUT2D eigenvalue weighted by Crippen LogP contribution is -2.27. The van der Waals surface area contributed by atoms with Crippen LogP contribution in [-0.4, -0.2) is 44.5 Å². The largest absolute Gasteiger partial charge is 0.507 e. The number of phenolic OH excluding ortho intramolecular Hbond substituents is 1. The van der Waals surface area contributed by atoms with Crippen LogP contribution in [0.5, 0.6) is 17.2 Å². The van der Waals surface area contributed by atoms with Gasteiger partial charge in [0.05, 0.1) is 13.2 Å². The maximum absolute atomic E-state index is 12.9. The Labute approximate surface area is 181 Å². The van der Waals surface area contributed by atoms with E-state index in [9.17, 15) is 9.90 Å². The summed E-state index contributed by atoms with van der Waals surface area (Å²) in [5, 5.41) is 13.9. The van der Waals surface area contributed by atoms with Gasteiger partial charge in [-0.2, -0.15) is 0 Å². The van der Waals surface area contributed by atoms with Gasteiger partial charge in [-0.3, -0.25) is 4.79 Å². The molecule has 164 valence electrons. The third kappa shape index (κ3) is 4.32. The third-order valence-electron chi connectivity index (χ3n) is 5.33. The summed E-state index contributed by atoms with van der Waals surface area (Å²) in [6.45, 7) is 7.71. The molecule has 1 aromatic heterocycles. The van der Waals surface area contributed by atoms with Crippen LogP contribution in [0.15, 0.2) is 45.6 Å². The number of benzene rings is 2. The summed E-state index contributed by atoms with van der Waals surface area (Å²) in [7, 11) is 1.48. The Bertz CT molecular complexity index is 1110. The van der Waals surface area contributed by atoms with Crippen LogP contribution < -0.4 is 25.1 Å². The van der Waals surface area contributed by atoms with Crippen LogP contribution in [0.25, 0.3) is 22.3 Å². The molecule has 2 aromatic carbocycles. The lowest BCUT2D eigenvalue weighted by Gasteiger charge is -2.22. The van der Waals surface area contributed by atoms with Crippen molar-refractivity contribution >= 4 is 16.7 Å². The van der Waals surface area contributed by atoms with Crippen LogP contribution in [-0.2, 0) is 0 Å². The maximum atomic E-state index is 12.9. The van der Waals surface area contributed by atoms with Crippen molar-refractivity contribution in [3.63, 3.8) is 0 Å².